The normalized spacial score (nSPS) is 28.9. The smallest absolute Gasteiger partial charge is 0.307 e. The van der Waals surface area contributed by atoms with E-state index in [1.807, 2.05) is 13.8 Å². The van der Waals surface area contributed by atoms with Gasteiger partial charge in [-0.2, -0.15) is 0 Å². The molecule has 2 unspecified atom stereocenters. The molecule has 0 radical (unpaired) electrons. The van der Waals surface area contributed by atoms with Crippen molar-refractivity contribution in [3.63, 3.8) is 0 Å². The van der Waals surface area contributed by atoms with E-state index >= 15 is 0 Å². The quantitative estimate of drug-likeness (QED) is 0.788. The number of carbonyl (C=O) groups is 3. The molecule has 6 nitrogen and oxygen atoms in total. The SMILES string of the molecule is CC(=O)N1CCC(NC(=O)C2C(C(=O)O)C2(C)C)CC1. The first-order valence-electron chi connectivity index (χ1n) is 7.04. The standard InChI is InChI=1S/C14H22N2O4/c1-8(17)16-6-4-9(5-7-16)15-12(18)10-11(13(19)20)14(10,2)3/h9-11H,4-7H2,1-3H3,(H,15,18)(H,19,20). The topological polar surface area (TPSA) is 86.7 Å². The number of amides is 2. The highest BCUT2D eigenvalue weighted by Gasteiger charge is 2.65. The highest BCUT2D eigenvalue weighted by molar-refractivity contribution is 5.91. The molecule has 1 saturated carbocycles. The molecule has 0 aromatic heterocycles. The van der Waals surface area contributed by atoms with Gasteiger partial charge in [0.25, 0.3) is 0 Å². The van der Waals surface area contributed by atoms with E-state index in [1.54, 1.807) is 11.8 Å². The molecule has 1 saturated heterocycles. The number of nitrogens with zero attached hydrogens (tertiary/aromatic N) is 1. The molecule has 0 spiro atoms. The Morgan fingerprint density at radius 3 is 2.10 bits per heavy atom. The number of hydrogen-bond donors (Lipinski definition) is 2. The van der Waals surface area contributed by atoms with E-state index in [1.165, 1.54) is 0 Å². The summed E-state index contributed by atoms with van der Waals surface area (Å²) >= 11 is 0. The Labute approximate surface area is 118 Å². The van der Waals surface area contributed by atoms with Gasteiger partial charge >= 0.3 is 5.97 Å². The van der Waals surface area contributed by atoms with Crippen LogP contribution in [0.1, 0.15) is 33.6 Å². The van der Waals surface area contributed by atoms with Gasteiger partial charge in [0.15, 0.2) is 0 Å². The summed E-state index contributed by atoms with van der Waals surface area (Å²) in [7, 11) is 0. The Balaban J connectivity index is 1.85. The lowest BCUT2D eigenvalue weighted by molar-refractivity contribution is -0.140. The lowest BCUT2D eigenvalue weighted by Gasteiger charge is -2.31. The number of hydrogen-bond acceptors (Lipinski definition) is 3. The van der Waals surface area contributed by atoms with Crippen LogP contribution in [0.25, 0.3) is 0 Å². The molecular weight excluding hydrogens is 260 g/mol. The zero-order valence-electron chi connectivity index (χ0n) is 12.2. The van der Waals surface area contributed by atoms with Crippen LogP contribution in [0, 0.1) is 17.3 Å². The first-order chi connectivity index (χ1) is 9.25. The molecule has 2 atom stereocenters. The third-order valence-electron chi connectivity index (χ3n) is 4.66. The van der Waals surface area contributed by atoms with E-state index in [0.29, 0.717) is 13.1 Å². The third kappa shape index (κ3) is 2.64. The van der Waals surface area contributed by atoms with E-state index in [-0.39, 0.29) is 17.9 Å². The molecule has 0 aromatic carbocycles. The fraction of sp³-hybridized carbons (Fsp3) is 0.786. The maximum Gasteiger partial charge on any atom is 0.307 e. The molecule has 0 aromatic rings. The Kier molecular flexibility index (Phi) is 3.75. The molecule has 2 aliphatic rings. The Morgan fingerprint density at radius 2 is 1.70 bits per heavy atom. The van der Waals surface area contributed by atoms with E-state index in [9.17, 15) is 14.4 Å². The zero-order valence-corrected chi connectivity index (χ0v) is 12.2. The van der Waals surface area contributed by atoms with Gasteiger partial charge in [0.1, 0.15) is 0 Å². The van der Waals surface area contributed by atoms with Crippen molar-refractivity contribution in [2.45, 2.75) is 39.7 Å². The van der Waals surface area contributed by atoms with Gasteiger partial charge in [-0.3, -0.25) is 14.4 Å². The number of rotatable bonds is 3. The molecule has 1 heterocycles. The van der Waals surface area contributed by atoms with Crippen LogP contribution in [0.15, 0.2) is 0 Å². The summed E-state index contributed by atoms with van der Waals surface area (Å²) in [5.74, 6) is -2.03. The maximum atomic E-state index is 12.2. The zero-order chi connectivity index (χ0) is 15.1. The van der Waals surface area contributed by atoms with Gasteiger partial charge in [-0.15, -0.1) is 0 Å². The van der Waals surface area contributed by atoms with Crippen LogP contribution < -0.4 is 5.32 Å². The minimum absolute atomic E-state index is 0.0453. The third-order valence-corrected chi connectivity index (χ3v) is 4.66. The summed E-state index contributed by atoms with van der Waals surface area (Å²) in [6, 6.07) is 0.0453. The van der Waals surface area contributed by atoms with Crippen LogP contribution in [-0.4, -0.2) is 46.9 Å². The first-order valence-corrected chi connectivity index (χ1v) is 7.04. The first kappa shape index (κ1) is 14.8. The van der Waals surface area contributed by atoms with Gasteiger partial charge in [-0.25, -0.2) is 0 Å². The van der Waals surface area contributed by atoms with Crippen molar-refractivity contribution in [1.29, 1.82) is 0 Å². The fourth-order valence-electron chi connectivity index (χ4n) is 3.22. The molecule has 112 valence electrons. The van der Waals surface area contributed by atoms with Crippen molar-refractivity contribution < 1.29 is 19.5 Å². The Hall–Kier alpha value is -1.59. The van der Waals surface area contributed by atoms with Crippen LogP contribution in [0.4, 0.5) is 0 Å². The minimum atomic E-state index is -0.901. The molecule has 2 N–H and O–H groups in total. The summed E-state index contributed by atoms with van der Waals surface area (Å²) in [5, 5.41) is 12.0. The van der Waals surface area contributed by atoms with E-state index in [2.05, 4.69) is 5.32 Å². The van der Waals surface area contributed by atoms with Crippen molar-refractivity contribution in [3.8, 4) is 0 Å². The van der Waals surface area contributed by atoms with Crippen molar-refractivity contribution in [1.82, 2.24) is 10.2 Å². The largest absolute Gasteiger partial charge is 0.481 e. The molecule has 1 aliphatic carbocycles. The Morgan fingerprint density at radius 1 is 1.15 bits per heavy atom. The lowest BCUT2D eigenvalue weighted by atomic mass is 10.0. The maximum absolute atomic E-state index is 12.2. The van der Waals surface area contributed by atoms with E-state index in [0.717, 1.165) is 12.8 Å². The number of carboxylic acids is 1. The summed E-state index contributed by atoms with van der Waals surface area (Å²) in [4.78, 5) is 36.2. The second kappa shape index (κ2) is 5.07. The molecule has 6 heteroatoms. The predicted octanol–water partition coefficient (Wildman–Crippen LogP) is 0.470. The monoisotopic (exact) mass is 282 g/mol. The van der Waals surface area contributed by atoms with Crippen molar-refractivity contribution in [2.75, 3.05) is 13.1 Å². The number of aliphatic carboxylic acids is 1. The van der Waals surface area contributed by atoms with Crippen molar-refractivity contribution in [3.05, 3.63) is 0 Å². The molecule has 2 rings (SSSR count). The molecule has 1 aliphatic heterocycles. The van der Waals surface area contributed by atoms with Gasteiger partial charge in [-0.1, -0.05) is 13.8 Å². The minimum Gasteiger partial charge on any atom is -0.481 e. The fourth-order valence-corrected chi connectivity index (χ4v) is 3.22. The highest BCUT2D eigenvalue weighted by Crippen LogP contribution is 2.58. The van der Waals surface area contributed by atoms with Crippen LogP contribution in [0.3, 0.4) is 0 Å². The van der Waals surface area contributed by atoms with E-state index in [4.69, 9.17) is 5.11 Å². The van der Waals surface area contributed by atoms with Gasteiger partial charge < -0.3 is 15.3 Å². The second-order valence-electron chi connectivity index (χ2n) is 6.40. The second-order valence-corrected chi connectivity index (χ2v) is 6.40. The molecule has 0 bridgehead atoms. The summed E-state index contributed by atoms with van der Waals surface area (Å²) < 4.78 is 0. The van der Waals surface area contributed by atoms with Gasteiger partial charge in [0.05, 0.1) is 11.8 Å². The van der Waals surface area contributed by atoms with Crippen LogP contribution in [0.5, 0.6) is 0 Å². The molecule has 20 heavy (non-hydrogen) atoms. The van der Waals surface area contributed by atoms with Crippen LogP contribution >= 0.6 is 0 Å². The van der Waals surface area contributed by atoms with Crippen molar-refractivity contribution >= 4 is 17.8 Å². The van der Waals surface area contributed by atoms with Crippen molar-refractivity contribution in [2.24, 2.45) is 17.3 Å². The predicted molar refractivity (Wildman–Crippen MR) is 71.8 cm³/mol. The Bertz CT molecular complexity index is 438. The summed E-state index contributed by atoms with van der Waals surface area (Å²) in [5.41, 5.74) is -0.462. The number of carbonyl (C=O) groups excluding carboxylic acids is 2. The molecular formula is C14H22N2O4. The average Bonchev–Trinajstić information content (AvgIpc) is 2.93. The average molecular weight is 282 g/mol. The highest BCUT2D eigenvalue weighted by atomic mass is 16.4. The summed E-state index contributed by atoms with van der Waals surface area (Å²) in [6.45, 7) is 6.47. The number of likely N-dealkylation sites (tertiary alicyclic amines) is 1. The van der Waals surface area contributed by atoms with Gasteiger partial charge in [0.2, 0.25) is 11.8 Å². The summed E-state index contributed by atoms with van der Waals surface area (Å²) in [6.07, 6.45) is 1.46. The van der Waals surface area contributed by atoms with Gasteiger partial charge in [-0.05, 0) is 18.3 Å². The molecule has 2 amide bonds. The van der Waals surface area contributed by atoms with Crippen LogP contribution in [0.2, 0.25) is 0 Å². The van der Waals surface area contributed by atoms with Gasteiger partial charge in [0, 0.05) is 26.1 Å². The van der Waals surface area contributed by atoms with Crippen LogP contribution in [-0.2, 0) is 14.4 Å². The number of carboxylic acid groups (broad SMARTS) is 1. The lowest BCUT2D eigenvalue weighted by Crippen LogP contribution is -2.46. The number of piperidine rings is 1. The van der Waals surface area contributed by atoms with E-state index < -0.39 is 23.2 Å². The molecule has 2 fully saturated rings. The number of nitrogens with one attached hydrogen (secondary N) is 1.